The van der Waals surface area contributed by atoms with Crippen LogP contribution in [0.15, 0.2) is 47.5 Å². The van der Waals surface area contributed by atoms with Crippen molar-refractivity contribution in [2.24, 2.45) is 14.1 Å². The zero-order chi connectivity index (χ0) is 14.7. The Hall–Kier alpha value is -2.34. The topological polar surface area (TPSA) is 60.8 Å². The minimum atomic E-state index is -0.0479. The molecular formula is C15H19N5O. The van der Waals surface area contributed by atoms with E-state index in [2.05, 4.69) is 15.4 Å². The van der Waals surface area contributed by atoms with Crippen molar-refractivity contribution in [1.29, 1.82) is 0 Å². The van der Waals surface area contributed by atoms with E-state index in [0.717, 1.165) is 24.6 Å². The fraction of sp³-hybridized carbons (Fsp3) is 0.333. The largest absolute Gasteiger partial charge is 0.467 e. The maximum atomic E-state index is 5.55. The molecule has 3 rings (SSSR count). The molecule has 3 aromatic heterocycles. The molecule has 0 saturated carbocycles. The lowest BCUT2D eigenvalue weighted by Gasteiger charge is -2.16. The predicted molar refractivity (Wildman–Crippen MR) is 78.7 cm³/mol. The van der Waals surface area contributed by atoms with Crippen molar-refractivity contribution in [1.82, 2.24) is 24.6 Å². The molecule has 0 saturated heterocycles. The maximum absolute atomic E-state index is 5.55. The first-order valence-electron chi connectivity index (χ1n) is 6.96. The van der Waals surface area contributed by atoms with Gasteiger partial charge in [0.2, 0.25) is 0 Å². The highest BCUT2D eigenvalue weighted by Crippen LogP contribution is 2.20. The number of nitrogens with zero attached hydrogens (tertiary/aromatic N) is 4. The molecule has 1 N–H and O–H groups in total. The second-order valence-corrected chi connectivity index (χ2v) is 5.00. The van der Waals surface area contributed by atoms with E-state index in [9.17, 15) is 0 Å². The van der Waals surface area contributed by atoms with Crippen molar-refractivity contribution in [2.75, 3.05) is 6.54 Å². The van der Waals surface area contributed by atoms with Gasteiger partial charge in [0, 0.05) is 51.3 Å². The van der Waals surface area contributed by atoms with Crippen LogP contribution in [-0.2, 0) is 20.5 Å². The van der Waals surface area contributed by atoms with E-state index in [1.807, 2.05) is 53.9 Å². The molecule has 0 aliphatic carbocycles. The van der Waals surface area contributed by atoms with Crippen molar-refractivity contribution < 1.29 is 4.42 Å². The molecule has 21 heavy (non-hydrogen) atoms. The van der Waals surface area contributed by atoms with E-state index in [-0.39, 0.29) is 6.04 Å². The molecule has 0 amide bonds. The molecule has 0 fully saturated rings. The Bertz CT molecular complexity index is 683. The lowest BCUT2D eigenvalue weighted by molar-refractivity contribution is 0.430. The Morgan fingerprint density at radius 2 is 2.19 bits per heavy atom. The van der Waals surface area contributed by atoms with Crippen molar-refractivity contribution in [3.8, 4) is 0 Å². The summed E-state index contributed by atoms with van der Waals surface area (Å²) in [5, 5.41) is 7.69. The number of aromatic nitrogens is 4. The Balaban J connectivity index is 1.72. The van der Waals surface area contributed by atoms with Crippen molar-refractivity contribution in [3.05, 3.63) is 60.3 Å². The summed E-state index contributed by atoms with van der Waals surface area (Å²) in [5.41, 5.74) is 1.19. The fourth-order valence-corrected chi connectivity index (χ4v) is 2.42. The van der Waals surface area contributed by atoms with Crippen LogP contribution in [-0.4, -0.2) is 25.9 Å². The van der Waals surface area contributed by atoms with Gasteiger partial charge >= 0.3 is 0 Å². The number of hydrogen-bond donors (Lipinski definition) is 1. The summed E-state index contributed by atoms with van der Waals surface area (Å²) in [6, 6.07) is 5.85. The van der Waals surface area contributed by atoms with Crippen molar-refractivity contribution in [2.45, 2.75) is 12.5 Å². The molecule has 0 aliphatic heterocycles. The van der Waals surface area contributed by atoms with E-state index < -0.39 is 0 Å². The molecule has 0 aliphatic rings. The van der Waals surface area contributed by atoms with E-state index in [0.29, 0.717) is 0 Å². The molecule has 3 aromatic rings. The molecule has 0 spiro atoms. The second-order valence-electron chi connectivity index (χ2n) is 5.00. The normalized spacial score (nSPS) is 12.7. The van der Waals surface area contributed by atoms with Gasteiger partial charge in [0.1, 0.15) is 17.6 Å². The minimum Gasteiger partial charge on any atom is -0.467 e. The highest BCUT2D eigenvalue weighted by Gasteiger charge is 2.20. The van der Waals surface area contributed by atoms with E-state index >= 15 is 0 Å². The minimum absolute atomic E-state index is 0.0479. The van der Waals surface area contributed by atoms with Crippen LogP contribution in [0.5, 0.6) is 0 Å². The van der Waals surface area contributed by atoms with Gasteiger partial charge in [-0.25, -0.2) is 4.98 Å². The average Bonchev–Trinajstić information content (AvgIpc) is 3.19. The quantitative estimate of drug-likeness (QED) is 0.748. The monoisotopic (exact) mass is 285 g/mol. The van der Waals surface area contributed by atoms with Crippen LogP contribution in [0.2, 0.25) is 0 Å². The summed E-state index contributed by atoms with van der Waals surface area (Å²) < 4.78 is 9.45. The molecule has 1 unspecified atom stereocenters. The van der Waals surface area contributed by atoms with Gasteiger partial charge in [-0.05, 0) is 18.2 Å². The number of hydrogen-bond acceptors (Lipinski definition) is 4. The van der Waals surface area contributed by atoms with Crippen LogP contribution in [0.4, 0.5) is 0 Å². The van der Waals surface area contributed by atoms with E-state index in [1.54, 1.807) is 12.5 Å². The molecule has 0 bridgehead atoms. The molecule has 0 radical (unpaired) electrons. The van der Waals surface area contributed by atoms with Crippen molar-refractivity contribution in [3.63, 3.8) is 0 Å². The zero-order valence-corrected chi connectivity index (χ0v) is 12.2. The van der Waals surface area contributed by atoms with Gasteiger partial charge in [0.05, 0.1) is 6.26 Å². The lowest BCUT2D eigenvalue weighted by Crippen LogP contribution is -2.27. The first-order valence-corrected chi connectivity index (χ1v) is 6.96. The molecule has 6 nitrogen and oxygen atoms in total. The van der Waals surface area contributed by atoms with Crippen LogP contribution < -0.4 is 5.32 Å². The summed E-state index contributed by atoms with van der Waals surface area (Å²) in [5.74, 6) is 1.81. The maximum Gasteiger partial charge on any atom is 0.133 e. The van der Waals surface area contributed by atoms with Crippen LogP contribution in [0.25, 0.3) is 0 Å². The van der Waals surface area contributed by atoms with Gasteiger partial charge in [-0.2, -0.15) is 5.10 Å². The Labute approximate surface area is 123 Å². The summed E-state index contributed by atoms with van der Waals surface area (Å²) in [6.45, 7) is 0.817. The Morgan fingerprint density at radius 1 is 1.29 bits per heavy atom. The van der Waals surface area contributed by atoms with Crippen LogP contribution in [0.3, 0.4) is 0 Å². The zero-order valence-electron chi connectivity index (χ0n) is 12.2. The van der Waals surface area contributed by atoms with Crippen LogP contribution in [0, 0.1) is 0 Å². The highest BCUT2D eigenvalue weighted by molar-refractivity contribution is 5.15. The Morgan fingerprint density at radius 3 is 2.81 bits per heavy atom. The molecule has 3 heterocycles. The lowest BCUT2D eigenvalue weighted by atomic mass is 10.2. The second kappa shape index (κ2) is 5.97. The molecule has 6 heteroatoms. The SMILES string of the molecule is Cn1ccnc1C(NCCc1ccnn1C)c1ccco1. The summed E-state index contributed by atoms with van der Waals surface area (Å²) in [6.07, 6.45) is 8.15. The van der Waals surface area contributed by atoms with Gasteiger partial charge in [0.25, 0.3) is 0 Å². The predicted octanol–water partition coefficient (Wildman–Crippen LogP) is 1.67. The Kier molecular flexibility index (Phi) is 3.87. The van der Waals surface area contributed by atoms with Gasteiger partial charge in [-0.15, -0.1) is 0 Å². The van der Waals surface area contributed by atoms with Crippen LogP contribution in [0.1, 0.15) is 23.3 Å². The summed E-state index contributed by atoms with van der Waals surface area (Å²) >= 11 is 0. The average molecular weight is 285 g/mol. The van der Waals surface area contributed by atoms with E-state index in [4.69, 9.17) is 4.42 Å². The first-order chi connectivity index (χ1) is 10.3. The standard InChI is InChI=1S/C15H19N5O/c1-19-10-9-17-15(19)14(13-4-3-11-21-13)16-7-5-12-6-8-18-20(12)2/h3-4,6,8-11,14,16H,5,7H2,1-2H3. The smallest absolute Gasteiger partial charge is 0.133 e. The molecule has 0 aromatic carbocycles. The van der Waals surface area contributed by atoms with Crippen molar-refractivity contribution >= 4 is 0 Å². The number of furan rings is 1. The summed E-state index contributed by atoms with van der Waals surface area (Å²) in [4.78, 5) is 4.43. The molecule has 110 valence electrons. The number of aryl methyl sites for hydroxylation is 2. The van der Waals surface area contributed by atoms with Gasteiger partial charge in [-0.1, -0.05) is 0 Å². The van der Waals surface area contributed by atoms with Gasteiger partial charge in [0.15, 0.2) is 0 Å². The molecule has 1 atom stereocenters. The fourth-order valence-electron chi connectivity index (χ4n) is 2.42. The number of imidazole rings is 1. The molecular weight excluding hydrogens is 266 g/mol. The third-order valence-electron chi connectivity index (χ3n) is 3.60. The van der Waals surface area contributed by atoms with Gasteiger partial charge in [-0.3, -0.25) is 4.68 Å². The van der Waals surface area contributed by atoms with E-state index in [1.165, 1.54) is 5.69 Å². The first kappa shape index (κ1) is 13.6. The van der Waals surface area contributed by atoms with Crippen LogP contribution >= 0.6 is 0 Å². The third kappa shape index (κ3) is 2.90. The highest BCUT2D eigenvalue weighted by atomic mass is 16.3. The number of rotatable bonds is 6. The number of nitrogens with one attached hydrogen (secondary N) is 1. The summed E-state index contributed by atoms with van der Waals surface area (Å²) in [7, 11) is 3.94. The van der Waals surface area contributed by atoms with Gasteiger partial charge < -0.3 is 14.3 Å². The third-order valence-corrected chi connectivity index (χ3v) is 3.60.